The van der Waals surface area contributed by atoms with E-state index in [1.54, 1.807) is 30.6 Å². The van der Waals surface area contributed by atoms with Crippen molar-refractivity contribution in [2.75, 3.05) is 6.61 Å². The lowest BCUT2D eigenvalue weighted by Gasteiger charge is -2.66. The van der Waals surface area contributed by atoms with Crippen LogP contribution >= 0.6 is 0 Å². The molecule has 0 aromatic carbocycles. The van der Waals surface area contributed by atoms with Crippen LogP contribution in [0.5, 0.6) is 5.75 Å². The summed E-state index contributed by atoms with van der Waals surface area (Å²) in [4.78, 5) is 55.1. The van der Waals surface area contributed by atoms with E-state index in [1.165, 1.54) is 13.8 Å². The van der Waals surface area contributed by atoms with Crippen LogP contribution in [0.25, 0.3) is 11.3 Å². The molecule has 244 valence electrons. The number of aliphatic hydroxyl groups is 1. The zero-order chi connectivity index (χ0) is 32.7. The van der Waals surface area contributed by atoms with Crippen molar-refractivity contribution in [1.29, 1.82) is 0 Å². The Morgan fingerprint density at radius 3 is 2.51 bits per heavy atom. The van der Waals surface area contributed by atoms with Crippen LogP contribution in [0, 0.1) is 22.7 Å². The molecule has 3 heterocycles. The fourth-order valence-electron chi connectivity index (χ4n) is 8.38. The van der Waals surface area contributed by atoms with E-state index in [0.717, 1.165) is 6.42 Å². The third-order valence-corrected chi connectivity index (χ3v) is 10.4. The molecule has 11 heteroatoms. The monoisotopic (exact) mass is 625 g/mol. The summed E-state index contributed by atoms with van der Waals surface area (Å²) in [5.41, 5.74) is -3.08. The van der Waals surface area contributed by atoms with Crippen molar-refractivity contribution < 1.29 is 42.9 Å². The molecule has 45 heavy (non-hydrogen) atoms. The van der Waals surface area contributed by atoms with Gasteiger partial charge >= 0.3 is 23.5 Å². The van der Waals surface area contributed by atoms with Crippen molar-refractivity contribution >= 4 is 17.9 Å². The molecule has 2 saturated carbocycles. The molecule has 3 unspecified atom stereocenters. The normalized spacial score (nSPS) is 33.4. The first-order valence-corrected chi connectivity index (χ1v) is 15.7. The van der Waals surface area contributed by atoms with Gasteiger partial charge in [0.2, 0.25) is 0 Å². The van der Waals surface area contributed by atoms with Crippen LogP contribution in [0.3, 0.4) is 0 Å². The lowest BCUT2D eigenvalue weighted by Crippen LogP contribution is -2.71. The molecule has 2 fully saturated rings. The predicted octanol–water partition coefficient (Wildman–Crippen LogP) is 4.93. The topological polar surface area (TPSA) is 151 Å². The number of unbranched alkanes of at least 4 members (excludes halogenated alkanes) is 1. The number of hydrogen-bond acceptors (Lipinski definition) is 11. The Morgan fingerprint density at radius 1 is 1.11 bits per heavy atom. The van der Waals surface area contributed by atoms with E-state index in [-0.39, 0.29) is 42.4 Å². The van der Waals surface area contributed by atoms with Crippen molar-refractivity contribution in [1.82, 2.24) is 4.98 Å². The van der Waals surface area contributed by atoms with E-state index in [0.29, 0.717) is 24.8 Å². The maximum atomic E-state index is 13.5. The number of esters is 3. The minimum atomic E-state index is -1.34. The quantitative estimate of drug-likeness (QED) is 0.314. The molecule has 3 aliphatic rings. The van der Waals surface area contributed by atoms with E-state index in [9.17, 15) is 24.3 Å². The zero-order valence-electron chi connectivity index (χ0n) is 26.8. The van der Waals surface area contributed by atoms with Gasteiger partial charge in [0.15, 0.2) is 0 Å². The molecular weight excluding hydrogens is 582 g/mol. The van der Waals surface area contributed by atoms with Gasteiger partial charge in [-0.25, -0.2) is 4.79 Å². The number of rotatable bonds is 8. The number of carbonyl (C=O) groups is 3. The van der Waals surface area contributed by atoms with Crippen LogP contribution in [0.4, 0.5) is 0 Å². The number of aromatic nitrogens is 1. The van der Waals surface area contributed by atoms with Crippen LogP contribution in [0.15, 0.2) is 39.8 Å². The number of aliphatic hydroxyl groups excluding tert-OH is 1. The Morgan fingerprint density at radius 2 is 1.87 bits per heavy atom. The average molecular weight is 626 g/mol. The van der Waals surface area contributed by atoms with Gasteiger partial charge in [0.25, 0.3) is 0 Å². The van der Waals surface area contributed by atoms with E-state index >= 15 is 0 Å². The Labute approximate surface area is 262 Å². The lowest BCUT2D eigenvalue weighted by molar-refractivity contribution is -0.271. The highest BCUT2D eigenvalue weighted by Gasteiger charge is 2.70. The summed E-state index contributed by atoms with van der Waals surface area (Å²) in [6.07, 6.45) is 3.24. The maximum absolute atomic E-state index is 13.5. The summed E-state index contributed by atoms with van der Waals surface area (Å²) in [5, 5.41) is 12.2. The van der Waals surface area contributed by atoms with Crippen LogP contribution in [-0.2, 0) is 28.6 Å². The summed E-state index contributed by atoms with van der Waals surface area (Å²) >= 11 is 0. The third kappa shape index (κ3) is 5.75. The van der Waals surface area contributed by atoms with Gasteiger partial charge in [-0.1, -0.05) is 27.2 Å². The highest BCUT2D eigenvalue weighted by atomic mass is 16.6. The first kappa shape index (κ1) is 32.7. The number of nitrogens with zero attached hydrogens (tertiary/aromatic N) is 1. The van der Waals surface area contributed by atoms with Crippen molar-refractivity contribution in [2.24, 2.45) is 22.7 Å². The summed E-state index contributed by atoms with van der Waals surface area (Å²) in [6, 6.07) is 5.04. The highest BCUT2D eigenvalue weighted by molar-refractivity contribution is 5.70. The Kier molecular flexibility index (Phi) is 8.87. The minimum absolute atomic E-state index is 0.00755. The second-order valence-electron chi connectivity index (χ2n) is 13.4. The van der Waals surface area contributed by atoms with E-state index in [1.807, 2.05) is 27.7 Å². The molecule has 1 aliphatic heterocycles. The van der Waals surface area contributed by atoms with Crippen LogP contribution in [0.1, 0.15) is 91.7 Å². The third-order valence-electron chi connectivity index (χ3n) is 10.4. The number of hydrogen-bond donors (Lipinski definition) is 1. The molecule has 0 radical (unpaired) electrons. The van der Waals surface area contributed by atoms with E-state index in [2.05, 4.69) is 4.98 Å². The molecular formula is C34H43NO10. The SMILES string of the molecule is CCCCC(=O)O[C@H]1CC2[C@](C)(CC[C@H](OC(C)=O)[C@@]2(C)COC(C)=O)C2C(O)c3c(cc(-c4cccnc4)oc3=O)O[C@@]21C. The van der Waals surface area contributed by atoms with Gasteiger partial charge in [0, 0.05) is 55.6 Å². The molecule has 11 nitrogen and oxygen atoms in total. The summed E-state index contributed by atoms with van der Waals surface area (Å²) in [5.74, 6) is -2.08. The molecule has 2 aliphatic carbocycles. The van der Waals surface area contributed by atoms with Gasteiger partial charge in [-0.05, 0) is 56.1 Å². The Hall–Kier alpha value is -3.73. The van der Waals surface area contributed by atoms with Gasteiger partial charge in [0.1, 0.15) is 41.5 Å². The fourth-order valence-corrected chi connectivity index (χ4v) is 8.38. The van der Waals surface area contributed by atoms with Gasteiger partial charge < -0.3 is 28.5 Å². The molecule has 0 saturated heterocycles. The largest absolute Gasteiger partial charge is 0.482 e. The number of pyridine rings is 1. The van der Waals surface area contributed by atoms with Gasteiger partial charge in [-0.15, -0.1) is 0 Å². The van der Waals surface area contributed by atoms with Crippen molar-refractivity contribution in [2.45, 2.75) is 104 Å². The van der Waals surface area contributed by atoms with Gasteiger partial charge in [-0.2, -0.15) is 0 Å². The Bertz CT molecular complexity index is 1510. The number of ether oxygens (including phenoxy) is 4. The molecule has 5 rings (SSSR count). The van der Waals surface area contributed by atoms with Crippen molar-refractivity contribution in [3.05, 3.63) is 46.6 Å². The molecule has 1 N–H and O–H groups in total. The van der Waals surface area contributed by atoms with E-state index in [4.69, 9.17) is 23.4 Å². The van der Waals surface area contributed by atoms with Crippen LogP contribution in [0.2, 0.25) is 0 Å². The summed E-state index contributed by atoms with van der Waals surface area (Å²) in [6.45, 7) is 10.3. The smallest absolute Gasteiger partial charge is 0.345 e. The standard InChI is InChI=1S/C34H43NO10/c1-7-8-11-27(38)44-26-16-24-32(4,13-12-25(42-20(3)37)33(24,5)18-41-19(2)36)30-29(39)28-23(45-34(26,30)6)15-22(43-31(28)40)21-10-9-14-35-17-21/h9-10,14-15,17,24-26,29-30,39H,7-8,11-13,16,18H2,1-6H3/t24?,25-,26-,29?,30?,32-,33-,34+/m0/s1. The zero-order valence-corrected chi connectivity index (χ0v) is 26.8. The molecule has 0 amide bonds. The van der Waals surface area contributed by atoms with Gasteiger partial charge in [0.05, 0.1) is 6.10 Å². The number of fused-ring (bicyclic) bond motifs is 4. The highest BCUT2D eigenvalue weighted by Crippen LogP contribution is 2.67. The molecule has 8 atom stereocenters. The van der Waals surface area contributed by atoms with Gasteiger partial charge in [-0.3, -0.25) is 19.4 Å². The first-order chi connectivity index (χ1) is 21.2. The predicted molar refractivity (Wildman–Crippen MR) is 161 cm³/mol. The molecule has 2 aromatic rings. The molecule has 0 bridgehead atoms. The van der Waals surface area contributed by atoms with E-state index < -0.39 is 64.2 Å². The summed E-state index contributed by atoms with van der Waals surface area (Å²) in [7, 11) is 0. The second kappa shape index (κ2) is 12.2. The fraction of sp³-hybridized carbons (Fsp3) is 0.618. The number of carbonyl (C=O) groups excluding carboxylic acids is 3. The first-order valence-electron chi connectivity index (χ1n) is 15.7. The molecule has 2 aromatic heterocycles. The minimum Gasteiger partial charge on any atom is -0.482 e. The van der Waals surface area contributed by atoms with Crippen molar-refractivity contribution in [3.8, 4) is 17.1 Å². The Balaban J connectivity index is 1.66. The maximum Gasteiger partial charge on any atom is 0.345 e. The van der Waals surface area contributed by atoms with Crippen LogP contribution in [-0.4, -0.2) is 52.4 Å². The lowest BCUT2D eigenvalue weighted by atomic mass is 9.42. The molecule has 0 spiro atoms. The van der Waals surface area contributed by atoms with Crippen molar-refractivity contribution in [3.63, 3.8) is 0 Å². The summed E-state index contributed by atoms with van der Waals surface area (Å²) < 4.78 is 30.0. The average Bonchev–Trinajstić information content (AvgIpc) is 2.97. The van der Waals surface area contributed by atoms with Crippen LogP contribution < -0.4 is 10.4 Å². The second-order valence-corrected chi connectivity index (χ2v) is 13.4.